The number of carbonyl (C=O) groups is 1. The van der Waals surface area contributed by atoms with Gasteiger partial charge in [-0.2, -0.15) is 4.31 Å². The molecule has 1 amide bonds. The summed E-state index contributed by atoms with van der Waals surface area (Å²) in [6.45, 7) is 4.51. The van der Waals surface area contributed by atoms with E-state index in [0.717, 1.165) is 24.8 Å². The summed E-state index contributed by atoms with van der Waals surface area (Å²) in [7, 11) is -7.18. The molecule has 0 radical (unpaired) electrons. The molecule has 0 atom stereocenters. The second kappa shape index (κ2) is 11.3. The normalized spacial score (nSPS) is 15.1. The van der Waals surface area contributed by atoms with Gasteiger partial charge >= 0.3 is 0 Å². The smallest absolute Gasteiger partial charge is 0.257 e. The molecule has 34 heavy (non-hydrogen) atoms. The van der Waals surface area contributed by atoms with E-state index in [-0.39, 0.29) is 29.5 Å². The summed E-state index contributed by atoms with van der Waals surface area (Å²) < 4.78 is 59.6. The van der Waals surface area contributed by atoms with Crippen molar-refractivity contribution in [3.05, 3.63) is 53.6 Å². The van der Waals surface area contributed by atoms with Crippen LogP contribution in [0.4, 0.5) is 0 Å². The summed E-state index contributed by atoms with van der Waals surface area (Å²) in [4.78, 5) is 12.5. The highest BCUT2D eigenvalue weighted by Gasteiger charge is 2.26. The molecule has 1 aliphatic heterocycles. The van der Waals surface area contributed by atoms with E-state index in [9.17, 15) is 21.6 Å². The summed E-state index contributed by atoms with van der Waals surface area (Å²) in [6, 6.07) is 11.1. The fourth-order valence-electron chi connectivity index (χ4n) is 3.58. The summed E-state index contributed by atoms with van der Waals surface area (Å²) in [5.41, 5.74) is 1.57. The molecule has 1 heterocycles. The molecule has 0 saturated carbocycles. The predicted molar refractivity (Wildman–Crippen MR) is 129 cm³/mol. The van der Waals surface area contributed by atoms with Crippen molar-refractivity contribution in [1.29, 1.82) is 0 Å². The van der Waals surface area contributed by atoms with Crippen LogP contribution in [0.3, 0.4) is 0 Å². The van der Waals surface area contributed by atoms with E-state index in [1.165, 1.54) is 22.5 Å². The van der Waals surface area contributed by atoms with Gasteiger partial charge in [0.05, 0.1) is 9.79 Å². The van der Waals surface area contributed by atoms with Crippen LogP contribution >= 0.6 is 0 Å². The van der Waals surface area contributed by atoms with Crippen molar-refractivity contribution in [2.75, 3.05) is 32.8 Å². The van der Waals surface area contributed by atoms with Gasteiger partial charge in [-0.3, -0.25) is 4.79 Å². The van der Waals surface area contributed by atoms with Crippen LogP contribution in [-0.2, 0) is 24.8 Å². The lowest BCUT2D eigenvalue weighted by molar-refractivity contribution is -0.123. The van der Waals surface area contributed by atoms with Crippen LogP contribution in [0.2, 0.25) is 0 Å². The molecule has 2 aromatic rings. The number of sulfonamides is 2. The van der Waals surface area contributed by atoms with Crippen molar-refractivity contribution in [2.45, 2.75) is 42.9 Å². The molecule has 0 spiro atoms. The Hall–Kier alpha value is -2.47. The van der Waals surface area contributed by atoms with E-state index in [1.54, 1.807) is 31.2 Å². The number of carbonyl (C=O) groups excluding carboxylic acids is 1. The van der Waals surface area contributed by atoms with Crippen molar-refractivity contribution >= 4 is 26.0 Å². The third-order valence-corrected chi connectivity index (χ3v) is 8.90. The van der Waals surface area contributed by atoms with Crippen molar-refractivity contribution in [3.8, 4) is 5.75 Å². The van der Waals surface area contributed by atoms with Gasteiger partial charge in [-0.05, 0) is 62.6 Å². The van der Waals surface area contributed by atoms with Gasteiger partial charge in [-0.15, -0.1) is 0 Å². The van der Waals surface area contributed by atoms with E-state index in [2.05, 4.69) is 10.0 Å². The van der Waals surface area contributed by atoms with Crippen LogP contribution in [0.5, 0.6) is 5.75 Å². The Kier molecular flexibility index (Phi) is 8.69. The highest BCUT2D eigenvalue weighted by Crippen LogP contribution is 2.25. The first kappa shape index (κ1) is 26.1. The van der Waals surface area contributed by atoms with Crippen molar-refractivity contribution in [3.63, 3.8) is 0 Å². The van der Waals surface area contributed by atoms with Crippen molar-refractivity contribution in [1.82, 2.24) is 14.3 Å². The first-order valence-electron chi connectivity index (χ1n) is 11.2. The van der Waals surface area contributed by atoms with Crippen LogP contribution in [0, 0.1) is 13.8 Å². The highest BCUT2D eigenvalue weighted by molar-refractivity contribution is 7.89. The van der Waals surface area contributed by atoms with Crippen LogP contribution < -0.4 is 14.8 Å². The minimum Gasteiger partial charge on any atom is -0.484 e. The number of hydrogen-bond donors (Lipinski definition) is 2. The second-order valence-electron chi connectivity index (χ2n) is 8.24. The average Bonchev–Trinajstić information content (AvgIpc) is 2.82. The Morgan fingerprint density at radius 2 is 1.56 bits per heavy atom. The molecule has 9 nitrogen and oxygen atoms in total. The zero-order valence-corrected chi connectivity index (χ0v) is 21.0. The molecule has 2 aromatic carbocycles. The van der Waals surface area contributed by atoms with E-state index < -0.39 is 26.0 Å². The molecule has 11 heteroatoms. The fourth-order valence-corrected chi connectivity index (χ4v) is 6.22. The third kappa shape index (κ3) is 6.78. The lowest BCUT2D eigenvalue weighted by Gasteiger charge is -2.26. The minimum atomic E-state index is -3.65. The number of nitrogens with one attached hydrogen (secondary N) is 2. The largest absolute Gasteiger partial charge is 0.484 e. The Morgan fingerprint density at radius 1 is 0.912 bits per heavy atom. The summed E-state index contributed by atoms with van der Waals surface area (Å²) in [5, 5.41) is 2.59. The van der Waals surface area contributed by atoms with Crippen LogP contribution in [0.25, 0.3) is 0 Å². The third-order valence-electron chi connectivity index (χ3n) is 5.53. The molecule has 3 rings (SSSR count). The van der Waals surface area contributed by atoms with Crippen LogP contribution in [0.15, 0.2) is 52.3 Å². The number of amides is 1. The monoisotopic (exact) mass is 509 g/mol. The van der Waals surface area contributed by atoms with Crippen LogP contribution in [0.1, 0.15) is 30.4 Å². The molecule has 2 N–H and O–H groups in total. The molecular formula is C23H31N3O6S2. The van der Waals surface area contributed by atoms with Gasteiger partial charge in [0, 0.05) is 26.2 Å². The molecule has 0 aliphatic carbocycles. The number of benzene rings is 2. The fraction of sp³-hybridized carbons (Fsp3) is 0.435. The summed E-state index contributed by atoms with van der Waals surface area (Å²) in [6.07, 6.45) is 2.77. The first-order chi connectivity index (χ1) is 16.1. The standard InChI is InChI=1S/C23H31N3O6S2/c1-18-6-8-20(9-7-18)33(28,29)25-13-12-24-23(27)17-32-22-11-10-21(16-19(22)2)34(30,31)26-14-4-3-5-15-26/h6-11,16,25H,3-5,12-15,17H2,1-2H3,(H,24,27). The topological polar surface area (TPSA) is 122 Å². The molecule has 1 fully saturated rings. The van der Waals surface area contributed by atoms with Gasteiger partial charge in [-0.25, -0.2) is 21.6 Å². The van der Waals surface area contributed by atoms with Crippen molar-refractivity contribution < 1.29 is 26.4 Å². The average molecular weight is 510 g/mol. The zero-order valence-electron chi connectivity index (χ0n) is 19.4. The zero-order chi connectivity index (χ0) is 24.8. The molecule has 0 aromatic heterocycles. The van der Waals surface area contributed by atoms with Gasteiger partial charge in [0.1, 0.15) is 5.75 Å². The number of hydrogen-bond acceptors (Lipinski definition) is 6. The van der Waals surface area contributed by atoms with E-state index in [4.69, 9.17) is 4.74 Å². The number of ether oxygens (including phenoxy) is 1. The van der Waals surface area contributed by atoms with Gasteiger partial charge in [0.15, 0.2) is 6.61 Å². The Balaban J connectivity index is 1.46. The number of nitrogens with zero attached hydrogens (tertiary/aromatic N) is 1. The maximum atomic E-state index is 12.8. The van der Waals surface area contributed by atoms with Crippen molar-refractivity contribution in [2.24, 2.45) is 0 Å². The Bertz CT molecular complexity index is 1210. The first-order valence-corrected chi connectivity index (χ1v) is 14.1. The van der Waals surface area contributed by atoms with E-state index in [0.29, 0.717) is 24.4 Å². The van der Waals surface area contributed by atoms with Gasteiger partial charge in [0.2, 0.25) is 20.0 Å². The van der Waals surface area contributed by atoms with E-state index >= 15 is 0 Å². The summed E-state index contributed by atoms with van der Waals surface area (Å²) in [5.74, 6) is -0.00762. The Labute approximate surface area is 201 Å². The maximum absolute atomic E-state index is 12.8. The van der Waals surface area contributed by atoms with Gasteiger partial charge in [0.25, 0.3) is 5.91 Å². The lowest BCUT2D eigenvalue weighted by atomic mass is 10.2. The van der Waals surface area contributed by atoms with Crippen LogP contribution in [-0.4, -0.2) is 59.8 Å². The maximum Gasteiger partial charge on any atom is 0.257 e. The lowest BCUT2D eigenvalue weighted by Crippen LogP contribution is -2.36. The molecule has 186 valence electrons. The minimum absolute atomic E-state index is 0.0318. The quantitative estimate of drug-likeness (QED) is 0.472. The number of rotatable bonds is 10. The molecular weight excluding hydrogens is 478 g/mol. The SMILES string of the molecule is Cc1ccc(S(=O)(=O)NCCNC(=O)COc2ccc(S(=O)(=O)N3CCCCC3)cc2C)cc1. The van der Waals surface area contributed by atoms with Gasteiger partial charge in [-0.1, -0.05) is 24.1 Å². The number of aryl methyl sites for hydroxylation is 2. The molecule has 1 saturated heterocycles. The molecule has 0 bridgehead atoms. The summed E-state index contributed by atoms with van der Waals surface area (Å²) >= 11 is 0. The molecule has 0 unspecified atom stereocenters. The second-order valence-corrected chi connectivity index (χ2v) is 11.9. The molecule has 1 aliphatic rings. The highest BCUT2D eigenvalue weighted by atomic mass is 32.2. The van der Waals surface area contributed by atoms with Gasteiger partial charge < -0.3 is 10.1 Å². The number of piperidine rings is 1. The van der Waals surface area contributed by atoms with E-state index in [1.807, 2.05) is 6.92 Å². The Morgan fingerprint density at radius 3 is 2.21 bits per heavy atom. The predicted octanol–water partition coefficient (Wildman–Crippen LogP) is 1.95.